The molecule has 0 atom stereocenters. The number of hydrogen-bond acceptors (Lipinski definition) is 11. The fourth-order valence-corrected chi connectivity index (χ4v) is 5.32. The maximum atomic E-state index is 11.7. The van der Waals surface area contributed by atoms with Gasteiger partial charge in [0.1, 0.15) is 41.1 Å². The summed E-state index contributed by atoms with van der Waals surface area (Å²) in [5.41, 5.74) is 9.46. The second-order valence-corrected chi connectivity index (χ2v) is 13.7. The molecule has 4 aromatic rings. The first kappa shape index (κ1) is 41.0. The number of nitrogens with two attached hydrogens (primary N) is 1. The van der Waals surface area contributed by atoms with Crippen LogP contribution in [0.1, 0.15) is 49.9 Å². The molecule has 3 N–H and O–H groups in total. The third kappa shape index (κ3) is 10.3. The van der Waals surface area contributed by atoms with Gasteiger partial charge in [-0.1, -0.05) is 28.4 Å². The number of carbonyl (C=O) groups excluding carboxylic acids is 2. The van der Waals surface area contributed by atoms with Crippen molar-refractivity contribution in [2.24, 2.45) is 21.7 Å². The van der Waals surface area contributed by atoms with Crippen molar-refractivity contribution < 1.29 is 33.7 Å². The summed E-state index contributed by atoms with van der Waals surface area (Å²) in [6.07, 6.45) is 0. The number of rotatable bonds is 11. The van der Waals surface area contributed by atoms with E-state index in [1.54, 1.807) is 65.0 Å². The van der Waals surface area contributed by atoms with Crippen LogP contribution in [-0.4, -0.2) is 60.4 Å². The second kappa shape index (κ2) is 17.7. The number of carbonyl (C=O) groups is 2. The largest absolute Gasteiger partial charge is 0.492 e. The van der Waals surface area contributed by atoms with Crippen molar-refractivity contribution in [2.75, 3.05) is 27.4 Å². The summed E-state index contributed by atoms with van der Waals surface area (Å²) in [5, 5.41) is 21.2. The third-order valence-corrected chi connectivity index (χ3v) is 8.34. The Morgan fingerprint density at radius 3 is 1.54 bits per heavy atom. The van der Waals surface area contributed by atoms with E-state index in [9.17, 15) is 9.59 Å². The second-order valence-electron chi connectivity index (χ2n) is 13.0. The first-order valence-electron chi connectivity index (χ1n) is 15.8. The number of ether oxygens (including phenoxy) is 4. The molecule has 0 saturated heterocycles. The lowest BCUT2D eigenvalue weighted by Crippen LogP contribution is -2.32. The zero-order chi connectivity index (χ0) is 38.8. The van der Waals surface area contributed by atoms with E-state index in [2.05, 4.69) is 15.1 Å². The number of oxime groups is 1. The highest BCUT2D eigenvalue weighted by Crippen LogP contribution is 2.29. The first-order chi connectivity index (χ1) is 24.5. The summed E-state index contributed by atoms with van der Waals surface area (Å²) in [6, 6.07) is 20.2. The molecule has 0 radical (unpaired) electrons. The van der Waals surface area contributed by atoms with E-state index in [1.165, 1.54) is 14.2 Å². The lowest BCUT2D eigenvalue weighted by atomic mass is 9.95. The molecule has 0 aliphatic rings. The zero-order valence-corrected chi connectivity index (χ0v) is 31.7. The van der Waals surface area contributed by atoms with Crippen molar-refractivity contribution in [1.29, 1.82) is 5.26 Å². The summed E-state index contributed by atoms with van der Waals surface area (Å²) in [4.78, 5) is 31.9. The van der Waals surface area contributed by atoms with Gasteiger partial charge in [0.25, 0.3) is 0 Å². The van der Waals surface area contributed by atoms with Crippen LogP contribution in [0, 0.1) is 36.0 Å². The number of amidine groups is 1. The van der Waals surface area contributed by atoms with Gasteiger partial charge >= 0.3 is 11.9 Å². The molecule has 0 unspecified atom stereocenters. The van der Waals surface area contributed by atoms with Crippen molar-refractivity contribution in [2.45, 2.75) is 41.5 Å². The van der Waals surface area contributed by atoms with Crippen LogP contribution in [0.15, 0.2) is 65.8 Å². The number of methoxy groups -OCH3 is 2. The zero-order valence-electron chi connectivity index (χ0n) is 30.2. The van der Waals surface area contributed by atoms with Gasteiger partial charge in [-0.15, -0.1) is 0 Å². The van der Waals surface area contributed by atoms with Gasteiger partial charge in [-0.2, -0.15) is 5.26 Å². The SMILES string of the molecule is COC(=O)C(C)(C)COc1ccc(-c2cc(C)c(C#N)c(Cl)n2)cc1.COC(=O)C(C)(C)COc1ccc(-c2cc(C)c(C(N)=NO)c(Cl)n2)cc1. The molecule has 2 heterocycles. The van der Waals surface area contributed by atoms with Crippen molar-refractivity contribution in [3.8, 4) is 40.1 Å². The number of pyridine rings is 2. The summed E-state index contributed by atoms with van der Waals surface area (Å²) < 4.78 is 20.9. The number of benzene rings is 2. The molecule has 0 saturated carbocycles. The number of esters is 2. The minimum Gasteiger partial charge on any atom is -0.492 e. The molecule has 0 amide bonds. The van der Waals surface area contributed by atoms with Gasteiger partial charge in [-0.25, -0.2) is 9.97 Å². The molecule has 12 nitrogen and oxygen atoms in total. The number of aromatic nitrogens is 2. The van der Waals surface area contributed by atoms with Crippen molar-refractivity contribution in [3.05, 3.63) is 93.2 Å². The highest BCUT2D eigenvalue weighted by atomic mass is 35.5. The van der Waals surface area contributed by atoms with Crippen LogP contribution in [0.3, 0.4) is 0 Å². The summed E-state index contributed by atoms with van der Waals surface area (Å²) in [5.74, 6) is 0.507. The van der Waals surface area contributed by atoms with Crippen molar-refractivity contribution in [3.63, 3.8) is 0 Å². The Bertz CT molecular complexity index is 1930. The lowest BCUT2D eigenvalue weighted by molar-refractivity contribution is -0.153. The Balaban J connectivity index is 0.000000281. The molecule has 0 fully saturated rings. The van der Waals surface area contributed by atoms with Gasteiger partial charge in [-0.3, -0.25) is 9.59 Å². The molecule has 2 aromatic carbocycles. The Morgan fingerprint density at radius 1 is 0.788 bits per heavy atom. The van der Waals surface area contributed by atoms with E-state index in [-0.39, 0.29) is 41.3 Å². The van der Waals surface area contributed by atoms with E-state index in [1.807, 2.05) is 43.3 Å². The van der Waals surface area contributed by atoms with Gasteiger partial charge in [-0.05, 0) is 113 Å². The predicted molar refractivity (Wildman–Crippen MR) is 199 cm³/mol. The summed E-state index contributed by atoms with van der Waals surface area (Å²) in [7, 11) is 2.71. The third-order valence-electron chi connectivity index (χ3n) is 7.80. The quantitative estimate of drug-likeness (QED) is 0.0386. The molecule has 52 heavy (non-hydrogen) atoms. The van der Waals surface area contributed by atoms with E-state index in [0.29, 0.717) is 34.0 Å². The van der Waals surface area contributed by atoms with Gasteiger partial charge in [0.05, 0.1) is 47.6 Å². The Labute approximate surface area is 313 Å². The van der Waals surface area contributed by atoms with Crippen molar-refractivity contribution >= 4 is 41.0 Å². The normalized spacial score (nSPS) is 11.4. The van der Waals surface area contributed by atoms with E-state index in [4.69, 9.17) is 58.4 Å². The molecule has 14 heteroatoms. The molecule has 274 valence electrons. The number of hydrogen-bond donors (Lipinski definition) is 2. The van der Waals surface area contributed by atoms with Crippen LogP contribution in [0.4, 0.5) is 0 Å². The topological polar surface area (TPSA) is 179 Å². The lowest BCUT2D eigenvalue weighted by Gasteiger charge is -2.21. The van der Waals surface area contributed by atoms with Crippen LogP contribution in [0.25, 0.3) is 22.5 Å². The molecule has 0 aliphatic carbocycles. The highest BCUT2D eigenvalue weighted by molar-refractivity contribution is 6.33. The van der Waals surface area contributed by atoms with Gasteiger partial charge in [0.15, 0.2) is 5.84 Å². The Hall–Kier alpha value is -5.38. The molecule has 0 bridgehead atoms. The van der Waals surface area contributed by atoms with Crippen LogP contribution in [-0.2, 0) is 19.1 Å². The molecular weight excluding hydrogens is 709 g/mol. The summed E-state index contributed by atoms with van der Waals surface area (Å²) >= 11 is 12.2. The fraction of sp³-hybridized carbons (Fsp3) is 0.316. The van der Waals surface area contributed by atoms with Crippen LogP contribution >= 0.6 is 23.2 Å². The fourth-order valence-electron chi connectivity index (χ4n) is 4.70. The standard InChI is InChI=1S/C19H22ClN3O4.C19H19ClN2O3/c1-11-9-14(22-16(20)15(11)17(21)23-25)12-5-7-13(8-6-12)27-10-19(2,3)18(24)26-4;1-12-9-16(22-17(20)15(12)10-21)13-5-7-14(8-6-13)25-11-19(2,3)18(23)24-4/h5-9,25H,10H2,1-4H3,(H2,21,23);5-9H,11H2,1-4H3. The smallest absolute Gasteiger partial charge is 0.314 e. The molecular formula is C38H41Cl2N5O7. The number of nitriles is 1. The minimum absolute atomic E-state index is 0.0893. The van der Waals surface area contributed by atoms with Gasteiger partial charge in [0, 0.05) is 11.1 Å². The molecule has 2 aromatic heterocycles. The molecule has 0 aliphatic heterocycles. The number of aryl methyl sites for hydroxylation is 2. The number of nitrogens with zero attached hydrogens (tertiary/aromatic N) is 4. The summed E-state index contributed by atoms with van der Waals surface area (Å²) in [6.45, 7) is 11.1. The van der Waals surface area contributed by atoms with Gasteiger partial charge < -0.3 is 29.9 Å². The van der Waals surface area contributed by atoms with E-state index >= 15 is 0 Å². The van der Waals surface area contributed by atoms with Crippen LogP contribution in [0.5, 0.6) is 11.5 Å². The average molecular weight is 751 g/mol. The first-order valence-corrected chi connectivity index (χ1v) is 16.6. The Kier molecular flexibility index (Phi) is 14.0. The molecule has 0 spiro atoms. The van der Waals surface area contributed by atoms with E-state index < -0.39 is 10.8 Å². The van der Waals surface area contributed by atoms with Crippen LogP contribution in [0.2, 0.25) is 10.3 Å². The van der Waals surface area contributed by atoms with E-state index in [0.717, 1.165) is 22.3 Å². The van der Waals surface area contributed by atoms with Crippen molar-refractivity contribution in [1.82, 2.24) is 9.97 Å². The maximum Gasteiger partial charge on any atom is 0.314 e. The molecule has 4 rings (SSSR count). The monoisotopic (exact) mass is 749 g/mol. The average Bonchev–Trinajstić information content (AvgIpc) is 3.12. The maximum absolute atomic E-state index is 11.7. The minimum atomic E-state index is -0.746. The van der Waals surface area contributed by atoms with Crippen LogP contribution < -0.4 is 15.2 Å². The highest BCUT2D eigenvalue weighted by Gasteiger charge is 2.30. The number of halogens is 2. The van der Waals surface area contributed by atoms with Gasteiger partial charge in [0.2, 0.25) is 0 Å². The predicted octanol–water partition coefficient (Wildman–Crippen LogP) is 7.54. The Morgan fingerprint density at radius 2 is 1.19 bits per heavy atom.